The molecule has 0 saturated heterocycles. The summed E-state index contributed by atoms with van der Waals surface area (Å²) in [5, 5.41) is 34.3. The molecule has 0 spiro atoms. The third-order valence-corrected chi connectivity index (χ3v) is 12.4. The second kappa shape index (κ2) is 30.6. The molecule has 318 valence electrons. The highest BCUT2D eigenvalue weighted by molar-refractivity contribution is 7.88. The van der Waals surface area contributed by atoms with Gasteiger partial charge in [0.1, 0.15) is 5.92 Å². The summed E-state index contributed by atoms with van der Waals surface area (Å²) in [6, 6.07) is 0. The van der Waals surface area contributed by atoms with Gasteiger partial charge in [-0.3, -0.25) is 28.3 Å². The van der Waals surface area contributed by atoms with Crippen molar-refractivity contribution in [3.8, 4) is 0 Å². The summed E-state index contributed by atoms with van der Waals surface area (Å²) in [4.78, 5) is 45.3. The van der Waals surface area contributed by atoms with Crippen LogP contribution in [-0.2, 0) is 39.4 Å². The zero-order valence-corrected chi connectivity index (χ0v) is 34.5. The molecule has 0 aromatic rings. The minimum Gasteiger partial charge on any atom is -0.481 e. The number of allylic oxidation sites excluding steroid dienone is 1. The number of carbonyl (C=O) groups is 4. The van der Waals surface area contributed by atoms with Gasteiger partial charge in [-0.05, 0) is 31.6 Å². The largest absolute Gasteiger partial charge is 0.481 e. The molecule has 54 heavy (non-hydrogen) atoms. The van der Waals surface area contributed by atoms with E-state index in [4.69, 9.17) is 14.8 Å². The first-order chi connectivity index (χ1) is 25.3. The fourth-order valence-corrected chi connectivity index (χ4v) is 8.59. The molecule has 0 aliphatic rings. The zero-order chi connectivity index (χ0) is 41.6. The van der Waals surface area contributed by atoms with Crippen molar-refractivity contribution in [2.75, 3.05) is 0 Å². The number of rotatable bonds is 34. The van der Waals surface area contributed by atoms with Gasteiger partial charge in [0.25, 0.3) is 20.2 Å². The van der Waals surface area contributed by atoms with E-state index in [9.17, 15) is 50.8 Å². The van der Waals surface area contributed by atoms with Gasteiger partial charge < -0.3 is 20.4 Å². The van der Waals surface area contributed by atoms with Crippen molar-refractivity contribution >= 4 is 44.1 Å². The van der Waals surface area contributed by atoms with Crippen LogP contribution in [-0.4, -0.2) is 80.2 Å². The Balaban J connectivity index is 0. The summed E-state index contributed by atoms with van der Waals surface area (Å²) >= 11 is 0. The van der Waals surface area contributed by atoms with Crippen molar-refractivity contribution < 1.29 is 65.5 Å². The molecule has 0 aliphatic carbocycles. The van der Waals surface area contributed by atoms with Crippen LogP contribution < -0.4 is 0 Å². The second-order valence-electron chi connectivity index (χ2n) is 14.2. The number of unbranched alkanes of at least 4 members (excludes halogenated alkanes) is 19. The van der Waals surface area contributed by atoms with Gasteiger partial charge in [-0.25, -0.2) is 0 Å². The molecule has 0 rings (SSSR count). The molecular weight excluding hydrogens is 745 g/mol. The van der Waals surface area contributed by atoms with Gasteiger partial charge >= 0.3 is 23.9 Å². The van der Waals surface area contributed by atoms with Crippen LogP contribution in [0.5, 0.6) is 0 Å². The summed E-state index contributed by atoms with van der Waals surface area (Å²) in [6.07, 6.45) is 24.6. The summed E-state index contributed by atoms with van der Waals surface area (Å²) in [7, 11) is -10.1. The standard InChI is InChI=1S/C22H42O7S.C16H28O7S/c1-3-5-7-8-9-10-11-12-13-15-17-19(16-14-6-4-2)22(21(25)26,18-20(23)24)30(27,28)29;1-2-3-4-5-6-7-8-9-10-11-12-13(15(17)18)14(16(19)20)24(21,22)23/h19H,3-18H2,1-2H3,(H,23,24)(H,25,26)(H,27,28,29);11-14H,2-10H2,1H3,(H,17,18)(H,19,20)(H,21,22,23). The van der Waals surface area contributed by atoms with E-state index in [1.807, 2.05) is 6.92 Å². The van der Waals surface area contributed by atoms with Crippen molar-refractivity contribution in [1.82, 2.24) is 0 Å². The first-order valence-electron chi connectivity index (χ1n) is 19.9. The molecule has 0 aromatic carbocycles. The lowest BCUT2D eigenvalue weighted by Crippen LogP contribution is -2.53. The molecule has 0 amide bonds. The van der Waals surface area contributed by atoms with Gasteiger partial charge in [0, 0.05) is 0 Å². The van der Waals surface area contributed by atoms with E-state index in [2.05, 4.69) is 13.8 Å². The monoisotopic (exact) mass is 814 g/mol. The Kier molecular flexibility index (Phi) is 30.4. The lowest BCUT2D eigenvalue weighted by molar-refractivity contribution is -0.148. The van der Waals surface area contributed by atoms with Crippen LogP contribution in [0, 0.1) is 11.8 Å². The third kappa shape index (κ3) is 23.4. The highest BCUT2D eigenvalue weighted by atomic mass is 32.2. The molecule has 0 bridgehead atoms. The van der Waals surface area contributed by atoms with Crippen LogP contribution >= 0.6 is 0 Å². The van der Waals surface area contributed by atoms with Crippen LogP contribution in [0.2, 0.25) is 0 Å². The van der Waals surface area contributed by atoms with E-state index >= 15 is 0 Å². The minimum atomic E-state index is -5.10. The average molecular weight is 815 g/mol. The number of hydrogen-bond donors (Lipinski definition) is 6. The van der Waals surface area contributed by atoms with E-state index in [1.165, 1.54) is 63.9 Å². The quantitative estimate of drug-likeness (QED) is 0.0202. The zero-order valence-electron chi connectivity index (χ0n) is 32.8. The maximum absolute atomic E-state index is 12.1. The first kappa shape index (κ1) is 53.5. The summed E-state index contributed by atoms with van der Waals surface area (Å²) in [5.74, 6) is -9.55. The van der Waals surface area contributed by atoms with Crippen molar-refractivity contribution in [2.45, 2.75) is 191 Å². The van der Waals surface area contributed by atoms with Crippen molar-refractivity contribution in [3.63, 3.8) is 0 Å². The highest BCUT2D eigenvalue weighted by Gasteiger charge is 2.57. The van der Waals surface area contributed by atoms with Gasteiger partial charge in [0.2, 0.25) is 4.75 Å². The van der Waals surface area contributed by atoms with Crippen molar-refractivity contribution in [3.05, 3.63) is 12.2 Å². The van der Waals surface area contributed by atoms with Crippen LogP contribution in [0.25, 0.3) is 0 Å². The van der Waals surface area contributed by atoms with Gasteiger partial charge in [-0.2, -0.15) is 16.8 Å². The topological polar surface area (TPSA) is 258 Å². The van der Waals surface area contributed by atoms with E-state index in [0.717, 1.165) is 70.3 Å². The normalized spacial score (nSPS) is 14.8. The fourth-order valence-electron chi connectivity index (χ4n) is 6.58. The minimum absolute atomic E-state index is 0.268. The molecule has 4 unspecified atom stereocenters. The first-order valence-corrected chi connectivity index (χ1v) is 22.8. The highest BCUT2D eigenvalue weighted by Crippen LogP contribution is 2.38. The summed E-state index contributed by atoms with van der Waals surface area (Å²) in [5.41, 5.74) is 0. The Morgan fingerprint density at radius 3 is 1.26 bits per heavy atom. The van der Waals surface area contributed by atoms with Crippen molar-refractivity contribution in [2.24, 2.45) is 11.8 Å². The molecule has 0 fully saturated rings. The number of aliphatic carboxylic acids is 4. The maximum atomic E-state index is 12.1. The summed E-state index contributed by atoms with van der Waals surface area (Å²) in [6.45, 7) is 6.32. The Morgan fingerprint density at radius 2 is 0.926 bits per heavy atom. The van der Waals surface area contributed by atoms with Gasteiger partial charge in [-0.1, -0.05) is 161 Å². The Labute approximate surface area is 324 Å². The van der Waals surface area contributed by atoms with Crippen LogP contribution in [0.15, 0.2) is 12.2 Å². The molecule has 0 heterocycles. The lowest BCUT2D eigenvalue weighted by atomic mass is 9.80. The molecule has 4 atom stereocenters. The number of carboxylic acid groups (broad SMARTS) is 4. The molecule has 14 nitrogen and oxygen atoms in total. The molecule has 0 aliphatic heterocycles. The number of carboxylic acids is 4. The van der Waals surface area contributed by atoms with E-state index < -0.39 is 72.4 Å². The molecule has 6 N–H and O–H groups in total. The Hall–Kier alpha value is -2.56. The van der Waals surface area contributed by atoms with E-state index in [0.29, 0.717) is 19.3 Å². The Morgan fingerprint density at radius 1 is 0.556 bits per heavy atom. The van der Waals surface area contributed by atoms with Crippen LogP contribution in [0.1, 0.15) is 181 Å². The summed E-state index contributed by atoms with van der Waals surface area (Å²) < 4.78 is 62.4. The predicted molar refractivity (Wildman–Crippen MR) is 209 cm³/mol. The lowest BCUT2D eigenvalue weighted by Gasteiger charge is -2.33. The Bertz CT molecular complexity index is 1300. The molecule has 0 aromatic heterocycles. The second-order valence-corrected chi connectivity index (χ2v) is 17.4. The van der Waals surface area contributed by atoms with Crippen molar-refractivity contribution in [1.29, 1.82) is 0 Å². The van der Waals surface area contributed by atoms with Crippen LogP contribution in [0.4, 0.5) is 0 Å². The number of hydrogen-bond acceptors (Lipinski definition) is 8. The van der Waals surface area contributed by atoms with E-state index in [-0.39, 0.29) is 12.8 Å². The maximum Gasteiger partial charge on any atom is 0.328 e. The molecular formula is C38H70O14S2. The van der Waals surface area contributed by atoms with Crippen LogP contribution in [0.3, 0.4) is 0 Å². The SMILES string of the molecule is CCCCCCCCCCC=CC(C(=O)O)C(C(=O)O)S(=O)(=O)O.CCCCCCCCCCCCC(CCCCC)C(CC(=O)O)(C(=O)O)S(=O)(=O)O. The smallest absolute Gasteiger partial charge is 0.328 e. The third-order valence-electron chi connectivity index (χ3n) is 9.70. The van der Waals surface area contributed by atoms with Gasteiger partial charge in [0.15, 0.2) is 5.25 Å². The fraction of sp³-hybridized carbons (Fsp3) is 0.842. The molecule has 16 heteroatoms. The van der Waals surface area contributed by atoms with Gasteiger partial charge in [0.05, 0.1) is 6.42 Å². The average Bonchev–Trinajstić information content (AvgIpc) is 3.06. The van der Waals surface area contributed by atoms with E-state index in [1.54, 1.807) is 0 Å². The molecule has 0 radical (unpaired) electrons. The molecule has 0 saturated carbocycles. The van der Waals surface area contributed by atoms with Gasteiger partial charge in [-0.15, -0.1) is 0 Å². The predicted octanol–water partition coefficient (Wildman–Crippen LogP) is 8.80.